The van der Waals surface area contributed by atoms with Crippen LogP contribution in [0.15, 0.2) is 48.5 Å². The number of carbonyl (C=O) groups is 1. The van der Waals surface area contributed by atoms with Crippen LogP contribution in [0, 0.1) is 0 Å². The third kappa shape index (κ3) is 4.73. The first kappa shape index (κ1) is 19.1. The number of nitrogens with one attached hydrogen (secondary N) is 1. The molecule has 2 amide bonds. The van der Waals surface area contributed by atoms with Crippen molar-refractivity contribution >= 4 is 23.1 Å². The normalized spacial score (nSPS) is 14.4. The van der Waals surface area contributed by atoms with Crippen LogP contribution < -0.4 is 15.1 Å². The molecule has 2 aromatic carbocycles. The van der Waals surface area contributed by atoms with Crippen molar-refractivity contribution in [2.24, 2.45) is 0 Å². The maximum absolute atomic E-state index is 12.5. The van der Waals surface area contributed by atoms with Gasteiger partial charge < -0.3 is 20.0 Å². The van der Waals surface area contributed by atoms with Gasteiger partial charge in [0.05, 0.1) is 0 Å². The number of nitrogens with zero attached hydrogens (tertiary/aromatic N) is 3. The molecule has 0 bridgehead atoms. The molecule has 144 valence electrons. The lowest BCUT2D eigenvalue weighted by molar-refractivity contribution is 0.208. The van der Waals surface area contributed by atoms with Gasteiger partial charge in [-0.2, -0.15) is 0 Å². The first-order chi connectivity index (χ1) is 12.9. The monoisotopic (exact) mass is 366 g/mol. The predicted octanol–water partition coefficient (Wildman–Crippen LogP) is 4.23. The third-order valence-electron chi connectivity index (χ3n) is 5.13. The van der Waals surface area contributed by atoms with Gasteiger partial charge in [0.25, 0.3) is 0 Å². The zero-order valence-electron chi connectivity index (χ0n) is 16.8. The fourth-order valence-electron chi connectivity index (χ4n) is 3.28. The van der Waals surface area contributed by atoms with Crippen LogP contribution in [0.4, 0.5) is 21.9 Å². The number of carbonyl (C=O) groups excluding carboxylic acids is 1. The summed E-state index contributed by atoms with van der Waals surface area (Å²) in [5.41, 5.74) is 4.54. The van der Waals surface area contributed by atoms with E-state index in [-0.39, 0.29) is 6.03 Å². The summed E-state index contributed by atoms with van der Waals surface area (Å²) in [5, 5.41) is 3.02. The molecule has 1 heterocycles. The van der Waals surface area contributed by atoms with Gasteiger partial charge in [0.2, 0.25) is 0 Å². The quantitative estimate of drug-likeness (QED) is 0.880. The lowest BCUT2D eigenvalue weighted by atomic mass is 10.0. The topological polar surface area (TPSA) is 38.8 Å². The minimum atomic E-state index is -0.0186. The Morgan fingerprint density at radius 3 is 2.04 bits per heavy atom. The molecule has 0 radical (unpaired) electrons. The van der Waals surface area contributed by atoms with Crippen LogP contribution in [0.2, 0.25) is 0 Å². The Morgan fingerprint density at radius 2 is 1.52 bits per heavy atom. The number of piperazine rings is 1. The Bertz CT molecular complexity index is 745. The van der Waals surface area contributed by atoms with Crippen molar-refractivity contribution in [3.63, 3.8) is 0 Å². The van der Waals surface area contributed by atoms with E-state index in [9.17, 15) is 4.79 Å². The van der Waals surface area contributed by atoms with E-state index in [1.54, 1.807) is 0 Å². The molecule has 0 aliphatic carbocycles. The Labute approximate surface area is 162 Å². The van der Waals surface area contributed by atoms with E-state index in [4.69, 9.17) is 0 Å². The molecular formula is C22H30N4O. The Kier molecular flexibility index (Phi) is 5.89. The Balaban J connectivity index is 1.53. The third-order valence-corrected chi connectivity index (χ3v) is 5.13. The van der Waals surface area contributed by atoms with Crippen LogP contribution in [-0.2, 0) is 0 Å². The summed E-state index contributed by atoms with van der Waals surface area (Å²) >= 11 is 0. The smallest absolute Gasteiger partial charge is 0.321 e. The average molecular weight is 367 g/mol. The second-order valence-corrected chi connectivity index (χ2v) is 7.59. The summed E-state index contributed by atoms with van der Waals surface area (Å²) in [7, 11) is 4.09. The minimum Gasteiger partial charge on any atom is -0.378 e. The van der Waals surface area contributed by atoms with Crippen molar-refractivity contribution < 1.29 is 4.79 Å². The highest BCUT2D eigenvalue weighted by atomic mass is 16.2. The van der Waals surface area contributed by atoms with Gasteiger partial charge in [0.1, 0.15) is 0 Å². The molecule has 1 aliphatic rings. The van der Waals surface area contributed by atoms with E-state index in [0.717, 1.165) is 31.9 Å². The molecule has 0 unspecified atom stereocenters. The van der Waals surface area contributed by atoms with Crippen molar-refractivity contribution in [3.05, 3.63) is 54.1 Å². The number of anilines is 3. The highest BCUT2D eigenvalue weighted by molar-refractivity contribution is 5.89. The second-order valence-electron chi connectivity index (χ2n) is 7.59. The van der Waals surface area contributed by atoms with Gasteiger partial charge >= 0.3 is 6.03 Å². The number of urea groups is 1. The number of rotatable bonds is 4. The fraction of sp³-hybridized carbons (Fsp3) is 0.409. The summed E-state index contributed by atoms with van der Waals surface area (Å²) in [5.74, 6) is 0.495. The van der Waals surface area contributed by atoms with E-state index in [2.05, 4.69) is 65.4 Å². The average Bonchev–Trinajstić information content (AvgIpc) is 2.68. The van der Waals surface area contributed by atoms with Gasteiger partial charge in [0.15, 0.2) is 0 Å². The molecule has 27 heavy (non-hydrogen) atoms. The van der Waals surface area contributed by atoms with Gasteiger partial charge in [-0.05, 0) is 47.9 Å². The Hall–Kier alpha value is -2.69. The SMILES string of the molecule is CC(C)c1ccc(NC(=O)N2CCN(c3ccc(N(C)C)cc3)CC2)cc1. The first-order valence-electron chi connectivity index (χ1n) is 9.62. The molecular weight excluding hydrogens is 336 g/mol. The van der Waals surface area contributed by atoms with Crippen LogP contribution in [-0.4, -0.2) is 51.2 Å². The van der Waals surface area contributed by atoms with Crippen LogP contribution in [0.1, 0.15) is 25.3 Å². The van der Waals surface area contributed by atoms with Crippen molar-refractivity contribution in [2.75, 3.05) is 55.4 Å². The van der Waals surface area contributed by atoms with Crippen molar-refractivity contribution in [1.82, 2.24) is 4.90 Å². The predicted molar refractivity (Wildman–Crippen MR) is 114 cm³/mol. The fourth-order valence-corrected chi connectivity index (χ4v) is 3.28. The van der Waals surface area contributed by atoms with Gasteiger partial charge in [-0.15, -0.1) is 0 Å². The number of benzene rings is 2. The molecule has 1 aliphatic heterocycles. The molecule has 5 nitrogen and oxygen atoms in total. The Morgan fingerprint density at radius 1 is 0.926 bits per heavy atom. The number of amides is 2. The number of hydrogen-bond acceptors (Lipinski definition) is 3. The maximum Gasteiger partial charge on any atom is 0.321 e. The van der Waals surface area contributed by atoms with Crippen LogP contribution in [0.3, 0.4) is 0 Å². The zero-order valence-corrected chi connectivity index (χ0v) is 16.8. The highest BCUT2D eigenvalue weighted by Gasteiger charge is 2.21. The lowest BCUT2D eigenvalue weighted by Crippen LogP contribution is -2.50. The molecule has 1 N–H and O–H groups in total. The summed E-state index contributed by atoms with van der Waals surface area (Å²) < 4.78 is 0. The van der Waals surface area contributed by atoms with Gasteiger partial charge in [-0.25, -0.2) is 4.79 Å². The van der Waals surface area contributed by atoms with Gasteiger partial charge in [-0.1, -0.05) is 26.0 Å². The molecule has 2 aromatic rings. The van der Waals surface area contributed by atoms with Gasteiger partial charge in [-0.3, -0.25) is 0 Å². The van der Waals surface area contributed by atoms with E-state index in [1.807, 2.05) is 31.1 Å². The van der Waals surface area contributed by atoms with Crippen molar-refractivity contribution in [1.29, 1.82) is 0 Å². The lowest BCUT2D eigenvalue weighted by Gasteiger charge is -2.36. The minimum absolute atomic E-state index is 0.0186. The summed E-state index contributed by atoms with van der Waals surface area (Å²) in [4.78, 5) is 18.9. The highest BCUT2D eigenvalue weighted by Crippen LogP contribution is 2.21. The summed E-state index contributed by atoms with van der Waals surface area (Å²) in [6.07, 6.45) is 0. The number of hydrogen-bond donors (Lipinski definition) is 1. The van der Waals surface area contributed by atoms with Gasteiger partial charge in [0, 0.05) is 57.3 Å². The molecule has 0 spiro atoms. The standard InChI is InChI=1S/C22H30N4O/c1-17(2)18-5-7-19(8-6-18)23-22(27)26-15-13-25(14-16-26)21-11-9-20(10-12-21)24(3)4/h5-12,17H,13-16H2,1-4H3,(H,23,27). The molecule has 3 rings (SSSR count). The van der Waals surface area contributed by atoms with Crippen LogP contribution in [0.5, 0.6) is 0 Å². The van der Waals surface area contributed by atoms with E-state index in [0.29, 0.717) is 5.92 Å². The maximum atomic E-state index is 12.5. The van der Waals surface area contributed by atoms with E-state index in [1.165, 1.54) is 16.9 Å². The summed E-state index contributed by atoms with van der Waals surface area (Å²) in [6, 6.07) is 16.7. The molecule has 0 saturated carbocycles. The molecule has 0 atom stereocenters. The summed E-state index contributed by atoms with van der Waals surface area (Å²) in [6.45, 7) is 7.49. The van der Waals surface area contributed by atoms with Crippen molar-refractivity contribution in [3.8, 4) is 0 Å². The van der Waals surface area contributed by atoms with Crippen molar-refractivity contribution in [2.45, 2.75) is 19.8 Å². The first-order valence-corrected chi connectivity index (χ1v) is 9.62. The molecule has 0 aromatic heterocycles. The van der Waals surface area contributed by atoms with E-state index < -0.39 is 0 Å². The molecule has 5 heteroatoms. The van der Waals surface area contributed by atoms with Crippen LogP contribution >= 0.6 is 0 Å². The second kappa shape index (κ2) is 8.33. The zero-order chi connectivity index (χ0) is 19.4. The van der Waals surface area contributed by atoms with Crippen LogP contribution in [0.25, 0.3) is 0 Å². The largest absolute Gasteiger partial charge is 0.378 e. The van der Waals surface area contributed by atoms with E-state index >= 15 is 0 Å². The molecule has 1 fully saturated rings. The molecule has 1 saturated heterocycles.